The minimum Gasteiger partial charge on any atom is -0.326 e. The highest BCUT2D eigenvalue weighted by molar-refractivity contribution is 7.16. The normalized spacial score (nSPS) is 15.1. The third kappa shape index (κ3) is 3.80. The van der Waals surface area contributed by atoms with Crippen molar-refractivity contribution in [1.82, 2.24) is 4.98 Å². The molecule has 7 heteroatoms. The molecular weight excluding hydrogens is 377 g/mol. The Labute approximate surface area is 165 Å². The van der Waals surface area contributed by atoms with Gasteiger partial charge in [-0.05, 0) is 56.2 Å². The summed E-state index contributed by atoms with van der Waals surface area (Å²) in [4.78, 5) is 30.5. The number of aryl methyl sites for hydroxylation is 2. The number of benzene rings is 2. The Morgan fingerprint density at radius 1 is 1.07 bits per heavy atom. The molecule has 2 aromatic carbocycles. The van der Waals surface area contributed by atoms with Gasteiger partial charge in [-0.1, -0.05) is 17.7 Å². The first-order valence-corrected chi connectivity index (χ1v) is 9.75. The van der Waals surface area contributed by atoms with Crippen molar-refractivity contribution in [3.05, 3.63) is 76.0 Å². The topological polar surface area (TPSA) is 71.1 Å². The average molecular weight is 395 g/mol. The van der Waals surface area contributed by atoms with E-state index in [0.717, 1.165) is 16.9 Å². The molecule has 0 radical (unpaired) electrons. The zero-order valence-corrected chi connectivity index (χ0v) is 16.0. The smallest absolute Gasteiger partial charge is 0.257 e. The molecule has 0 aliphatic heterocycles. The number of amides is 2. The Morgan fingerprint density at radius 3 is 2.50 bits per heavy atom. The van der Waals surface area contributed by atoms with Gasteiger partial charge in [0.15, 0.2) is 5.13 Å². The molecule has 1 aliphatic rings. The van der Waals surface area contributed by atoms with E-state index < -0.39 is 0 Å². The monoisotopic (exact) mass is 395 g/mol. The largest absolute Gasteiger partial charge is 0.326 e. The summed E-state index contributed by atoms with van der Waals surface area (Å²) >= 11 is 1.40. The molecule has 1 unspecified atom stereocenters. The number of nitrogens with zero attached hydrogens (tertiary/aromatic N) is 1. The van der Waals surface area contributed by atoms with Crippen molar-refractivity contribution >= 4 is 34.0 Å². The number of rotatable bonds is 4. The van der Waals surface area contributed by atoms with Crippen LogP contribution < -0.4 is 10.6 Å². The molecule has 142 valence electrons. The van der Waals surface area contributed by atoms with Gasteiger partial charge in [0, 0.05) is 16.1 Å². The lowest BCUT2D eigenvalue weighted by atomic mass is 10.1. The predicted molar refractivity (Wildman–Crippen MR) is 107 cm³/mol. The first kappa shape index (κ1) is 18.3. The lowest BCUT2D eigenvalue weighted by Crippen LogP contribution is -2.20. The summed E-state index contributed by atoms with van der Waals surface area (Å²) in [6.07, 6.45) is 1.42. The van der Waals surface area contributed by atoms with E-state index >= 15 is 0 Å². The van der Waals surface area contributed by atoms with Crippen LogP contribution in [0.25, 0.3) is 0 Å². The molecule has 0 saturated heterocycles. The molecule has 0 spiro atoms. The van der Waals surface area contributed by atoms with E-state index in [2.05, 4.69) is 15.6 Å². The summed E-state index contributed by atoms with van der Waals surface area (Å²) in [5, 5.41) is 6.12. The summed E-state index contributed by atoms with van der Waals surface area (Å²) in [5.74, 6) is -1.12. The van der Waals surface area contributed by atoms with Crippen molar-refractivity contribution < 1.29 is 14.0 Å². The fraction of sp³-hybridized carbons (Fsp3) is 0.190. The number of hydrogen-bond acceptors (Lipinski definition) is 4. The molecule has 2 amide bonds. The van der Waals surface area contributed by atoms with Crippen molar-refractivity contribution in [3.63, 3.8) is 0 Å². The van der Waals surface area contributed by atoms with Gasteiger partial charge in [-0.2, -0.15) is 0 Å². The van der Waals surface area contributed by atoms with Crippen LogP contribution in [-0.2, 0) is 11.2 Å². The van der Waals surface area contributed by atoms with Gasteiger partial charge in [0.05, 0.1) is 11.6 Å². The maximum Gasteiger partial charge on any atom is 0.257 e. The second kappa shape index (κ2) is 7.52. The lowest BCUT2D eigenvalue weighted by Gasteiger charge is -2.10. The molecule has 1 atom stereocenters. The van der Waals surface area contributed by atoms with Gasteiger partial charge in [-0.3, -0.25) is 14.9 Å². The van der Waals surface area contributed by atoms with Crippen LogP contribution in [0, 0.1) is 12.7 Å². The Hall–Kier alpha value is -3.06. The first-order chi connectivity index (χ1) is 13.5. The highest BCUT2D eigenvalue weighted by Crippen LogP contribution is 2.39. The summed E-state index contributed by atoms with van der Waals surface area (Å²) in [6, 6.07) is 13.0. The molecule has 5 nitrogen and oxygen atoms in total. The minimum atomic E-state index is -0.374. The molecule has 4 rings (SSSR count). The molecular formula is C21H18FN3O2S. The van der Waals surface area contributed by atoms with Gasteiger partial charge in [0.25, 0.3) is 5.91 Å². The Kier molecular flexibility index (Phi) is 4.92. The second-order valence-electron chi connectivity index (χ2n) is 6.73. The highest BCUT2D eigenvalue weighted by Gasteiger charge is 2.33. The van der Waals surface area contributed by atoms with Crippen LogP contribution >= 0.6 is 11.3 Å². The van der Waals surface area contributed by atoms with Gasteiger partial charge in [0.1, 0.15) is 5.82 Å². The number of thiazole rings is 1. The van der Waals surface area contributed by atoms with E-state index in [1.54, 1.807) is 12.1 Å². The number of anilines is 2. The van der Waals surface area contributed by atoms with Crippen LogP contribution in [0.4, 0.5) is 15.2 Å². The molecule has 0 fully saturated rings. The maximum absolute atomic E-state index is 13.0. The zero-order chi connectivity index (χ0) is 19.7. The quantitative estimate of drug-likeness (QED) is 0.683. The second-order valence-corrected chi connectivity index (χ2v) is 7.82. The summed E-state index contributed by atoms with van der Waals surface area (Å²) in [6.45, 7) is 1.96. The molecule has 1 aliphatic carbocycles. The average Bonchev–Trinajstić information content (AvgIpc) is 3.24. The van der Waals surface area contributed by atoms with Crippen molar-refractivity contribution in [2.75, 3.05) is 10.6 Å². The van der Waals surface area contributed by atoms with E-state index in [-0.39, 0.29) is 23.5 Å². The van der Waals surface area contributed by atoms with Crippen LogP contribution in [0.15, 0.2) is 48.5 Å². The van der Waals surface area contributed by atoms with Crippen molar-refractivity contribution in [3.8, 4) is 0 Å². The standard InChI is InChI=1S/C21H18FN3O2S/c1-12-2-4-13(5-3-12)19(26)25-21-24-18-16(10-11-17(18)28-21)20(27)23-15-8-6-14(22)7-9-15/h2-9,16H,10-11H2,1H3,(H,23,27)(H,24,25,26). The third-order valence-corrected chi connectivity index (χ3v) is 5.73. The van der Waals surface area contributed by atoms with E-state index in [1.807, 2.05) is 19.1 Å². The number of carbonyl (C=O) groups excluding carboxylic acids is 2. The van der Waals surface area contributed by atoms with Crippen LogP contribution in [0.1, 0.15) is 38.8 Å². The fourth-order valence-electron chi connectivity index (χ4n) is 3.17. The Balaban J connectivity index is 1.46. The summed E-state index contributed by atoms with van der Waals surface area (Å²) in [5.41, 5.74) is 2.90. The van der Waals surface area contributed by atoms with Crippen molar-refractivity contribution in [2.24, 2.45) is 0 Å². The Bertz CT molecular complexity index is 1030. The van der Waals surface area contributed by atoms with E-state index in [9.17, 15) is 14.0 Å². The molecule has 2 N–H and O–H groups in total. The maximum atomic E-state index is 13.0. The first-order valence-electron chi connectivity index (χ1n) is 8.93. The van der Waals surface area contributed by atoms with Gasteiger partial charge >= 0.3 is 0 Å². The zero-order valence-electron chi connectivity index (χ0n) is 15.2. The van der Waals surface area contributed by atoms with E-state index in [4.69, 9.17) is 0 Å². The van der Waals surface area contributed by atoms with Crippen LogP contribution in [0.3, 0.4) is 0 Å². The van der Waals surface area contributed by atoms with Crippen LogP contribution in [0.2, 0.25) is 0 Å². The van der Waals surface area contributed by atoms with Crippen LogP contribution in [0.5, 0.6) is 0 Å². The number of carbonyl (C=O) groups is 2. The molecule has 28 heavy (non-hydrogen) atoms. The molecule has 0 saturated carbocycles. The third-order valence-electron chi connectivity index (χ3n) is 4.68. The van der Waals surface area contributed by atoms with Crippen molar-refractivity contribution in [1.29, 1.82) is 0 Å². The summed E-state index contributed by atoms with van der Waals surface area (Å²) in [7, 11) is 0. The number of fused-ring (bicyclic) bond motifs is 1. The molecule has 0 bridgehead atoms. The van der Waals surface area contributed by atoms with E-state index in [0.29, 0.717) is 28.5 Å². The van der Waals surface area contributed by atoms with Crippen LogP contribution in [-0.4, -0.2) is 16.8 Å². The number of nitrogens with one attached hydrogen (secondary N) is 2. The predicted octanol–water partition coefficient (Wildman–Crippen LogP) is 4.51. The van der Waals surface area contributed by atoms with Gasteiger partial charge in [0.2, 0.25) is 5.91 Å². The molecule has 3 aromatic rings. The number of halogens is 1. The van der Waals surface area contributed by atoms with E-state index in [1.165, 1.54) is 35.6 Å². The van der Waals surface area contributed by atoms with Crippen molar-refractivity contribution in [2.45, 2.75) is 25.7 Å². The number of hydrogen-bond donors (Lipinski definition) is 2. The lowest BCUT2D eigenvalue weighted by molar-refractivity contribution is -0.117. The molecule has 1 aromatic heterocycles. The minimum absolute atomic E-state index is 0.174. The Morgan fingerprint density at radius 2 is 1.79 bits per heavy atom. The SMILES string of the molecule is Cc1ccc(C(=O)Nc2nc3c(s2)CCC3C(=O)Nc2ccc(F)cc2)cc1. The summed E-state index contributed by atoms with van der Waals surface area (Å²) < 4.78 is 13.0. The number of aromatic nitrogens is 1. The van der Waals surface area contributed by atoms with Gasteiger partial charge < -0.3 is 5.32 Å². The van der Waals surface area contributed by atoms with Gasteiger partial charge in [-0.15, -0.1) is 11.3 Å². The molecule has 1 heterocycles. The van der Waals surface area contributed by atoms with Gasteiger partial charge in [-0.25, -0.2) is 9.37 Å². The fourth-order valence-corrected chi connectivity index (χ4v) is 4.21. The highest BCUT2D eigenvalue weighted by atomic mass is 32.1.